The highest BCUT2D eigenvalue weighted by atomic mass is 16.3. The molecular weight excluding hydrogens is 178 g/mol. The van der Waals surface area contributed by atoms with Crippen LogP contribution in [0.2, 0.25) is 0 Å². The smallest absolute Gasteiger partial charge is 0.142 e. The molecule has 0 saturated heterocycles. The Hall–Kier alpha value is -1.26. The highest BCUT2D eigenvalue weighted by molar-refractivity contribution is 5.58. The molecule has 0 unspecified atom stereocenters. The Bertz CT molecular complexity index is 323. The quantitative estimate of drug-likeness (QED) is 0.485. The van der Waals surface area contributed by atoms with Crippen molar-refractivity contribution in [3.05, 3.63) is 23.3 Å². The Labute approximate surface area is 84.1 Å². The lowest BCUT2D eigenvalue weighted by atomic mass is 10.1. The Morgan fingerprint density at radius 1 is 1.36 bits per heavy atom. The second kappa shape index (κ2) is 4.30. The number of hydrogen-bond donors (Lipinski definition) is 3. The van der Waals surface area contributed by atoms with Gasteiger partial charge in [0.1, 0.15) is 5.75 Å². The molecule has 0 aliphatic carbocycles. The largest absolute Gasteiger partial charge is 0.505 e. The lowest BCUT2D eigenvalue weighted by Gasteiger charge is -2.13. The van der Waals surface area contributed by atoms with Crippen molar-refractivity contribution in [3.63, 3.8) is 0 Å². The number of hydrogen-bond acceptors (Lipinski definition) is 4. The molecule has 0 radical (unpaired) electrons. The topological polar surface area (TPSA) is 75.5 Å². The van der Waals surface area contributed by atoms with Crippen molar-refractivity contribution in [3.8, 4) is 5.75 Å². The average Bonchev–Trinajstić information content (AvgIpc) is 2.11. The fourth-order valence-corrected chi connectivity index (χ4v) is 1.37. The van der Waals surface area contributed by atoms with Gasteiger partial charge in [-0.25, -0.2) is 0 Å². The zero-order valence-corrected chi connectivity index (χ0v) is 8.62. The number of aromatic hydroxyl groups is 1. The van der Waals surface area contributed by atoms with Crippen molar-refractivity contribution < 1.29 is 5.11 Å². The Morgan fingerprint density at radius 3 is 2.50 bits per heavy atom. The van der Waals surface area contributed by atoms with E-state index in [9.17, 15) is 5.11 Å². The summed E-state index contributed by atoms with van der Waals surface area (Å²) in [6.45, 7) is 1.09. The van der Waals surface area contributed by atoms with E-state index in [2.05, 4.69) is 0 Å². The number of benzene rings is 1. The third-order valence-electron chi connectivity index (χ3n) is 2.00. The molecular formula is C10H17N3O. The molecule has 0 atom stereocenters. The molecule has 14 heavy (non-hydrogen) atoms. The van der Waals surface area contributed by atoms with Crippen LogP contribution < -0.4 is 11.5 Å². The minimum absolute atomic E-state index is 0.163. The number of phenols is 1. The monoisotopic (exact) mass is 195 g/mol. The van der Waals surface area contributed by atoms with Crippen molar-refractivity contribution in [2.75, 3.05) is 19.8 Å². The maximum Gasteiger partial charge on any atom is 0.142 e. The van der Waals surface area contributed by atoms with Crippen LogP contribution >= 0.6 is 0 Å². The molecule has 0 fully saturated rings. The first kappa shape index (κ1) is 10.8. The maximum atomic E-state index is 9.67. The molecule has 0 bridgehead atoms. The van der Waals surface area contributed by atoms with E-state index >= 15 is 0 Å². The van der Waals surface area contributed by atoms with E-state index in [1.165, 1.54) is 0 Å². The van der Waals surface area contributed by atoms with Crippen LogP contribution in [-0.2, 0) is 13.1 Å². The van der Waals surface area contributed by atoms with Crippen LogP contribution in [0.5, 0.6) is 5.75 Å². The summed E-state index contributed by atoms with van der Waals surface area (Å²) in [7, 11) is 3.87. The molecule has 1 aromatic carbocycles. The summed E-state index contributed by atoms with van der Waals surface area (Å²) in [6.07, 6.45) is 0. The van der Waals surface area contributed by atoms with Gasteiger partial charge in [0.15, 0.2) is 0 Å². The van der Waals surface area contributed by atoms with Crippen LogP contribution in [0.25, 0.3) is 0 Å². The van der Waals surface area contributed by atoms with Gasteiger partial charge >= 0.3 is 0 Å². The number of nitrogen functional groups attached to an aromatic ring is 1. The summed E-state index contributed by atoms with van der Waals surface area (Å²) in [6, 6.07) is 3.58. The van der Waals surface area contributed by atoms with Crippen LogP contribution in [0, 0.1) is 0 Å². The molecule has 0 aromatic heterocycles. The summed E-state index contributed by atoms with van der Waals surface area (Å²) in [5, 5.41) is 9.67. The van der Waals surface area contributed by atoms with E-state index in [-0.39, 0.29) is 5.75 Å². The standard InChI is InChI=1S/C10H17N3O/c1-13(2)6-8-3-7(5-11)4-9(12)10(8)14/h3-4,14H,5-6,11-12H2,1-2H3. The van der Waals surface area contributed by atoms with E-state index in [0.29, 0.717) is 18.8 Å². The van der Waals surface area contributed by atoms with Crippen molar-refractivity contribution in [1.29, 1.82) is 0 Å². The Morgan fingerprint density at radius 2 is 2.00 bits per heavy atom. The van der Waals surface area contributed by atoms with Crippen molar-refractivity contribution >= 4 is 5.69 Å². The van der Waals surface area contributed by atoms with Crippen LogP contribution in [0.4, 0.5) is 5.69 Å². The summed E-state index contributed by atoms with van der Waals surface area (Å²) in [5.41, 5.74) is 13.3. The third-order valence-corrected chi connectivity index (χ3v) is 2.00. The van der Waals surface area contributed by atoms with Crippen LogP contribution in [-0.4, -0.2) is 24.1 Å². The zero-order chi connectivity index (χ0) is 10.7. The van der Waals surface area contributed by atoms with Gasteiger partial charge in [0, 0.05) is 18.7 Å². The van der Waals surface area contributed by atoms with E-state index in [0.717, 1.165) is 11.1 Å². The first-order chi connectivity index (χ1) is 6.54. The number of rotatable bonds is 3. The molecule has 0 saturated carbocycles. The van der Waals surface area contributed by atoms with E-state index in [1.807, 2.05) is 25.1 Å². The Balaban J connectivity index is 3.07. The van der Waals surface area contributed by atoms with Crippen LogP contribution in [0.1, 0.15) is 11.1 Å². The van der Waals surface area contributed by atoms with Gasteiger partial charge in [-0.2, -0.15) is 0 Å². The van der Waals surface area contributed by atoms with Gasteiger partial charge in [-0.05, 0) is 31.8 Å². The van der Waals surface area contributed by atoms with Crippen molar-refractivity contribution in [2.24, 2.45) is 5.73 Å². The van der Waals surface area contributed by atoms with E-state index < -0.39 is 0 Å². The molecule has 4 heteroatoms. The SMILES string of the molecule is CN(C)Cc1cc(CN)cc(N)c1O. The maximum absolute atomic E-state index is 9.67. The molecule has 0 amide bonds. The molecule has 0 spiro atoms. The highest BCUT2D eigenvalue weighted by Gasteiger charge is 2.07. The minimum Gasteiger partial charge on any atom is -0.505 e. The first-order valence-electron chi connectivity index (χ1n) is 4.49. The second-order valence-electron chi connectivity index (χ2n) is 3.63. The van der Waals surface area contributed by atoms with Gasteiger partial charge in [0.25, 0.3) is 0 Å². The molecule has 4 nitrogen and oxygen atoms in total. The summed E-state index contributed by atoms with van der Waals surface area (Å²) in [4.78, 5) is 1.97. The predicted molar refractivity (Wildman–Crippen MR) is 57.8 cm³/mol. The Kier molecular flexibility index (Phi) is 3.33. The molecule has 78 valence electrons. The van der Waals surface area contributed by atoms with Gasteiger partial charge in [-0.1, -0.05) is 0 Å². The second-order valence-corrected chi connectivity index (χ2v) is 3.63. The average molecular weight is 195 g/mol. The molecule has 0 aliphatic heterocycles. The fraction of sp³-hybridized carbons (Fsp3) is 0.400. The summed E-state index contributed by atoms with van der Waals surface area (Å²) < 4.78 is 0. The van der Waals surface area contributed by atoms with Gasteiger partial charge < -0.3 is 21.5 Å². The lowest BCUT2D eigenvalue weighted by Crippen LogP contribution is -2.12. The van der Waals surface area contributed by atoms with E-state index in [4.69, 9.17) is 11.5 Å². The fourth-order valence-electron chi connectivity index (χ4n) is 1.37. The molecule has 0 heterocycles. The summed E-state index contributed by atoms with van der Waals surface area (Å²) >= 11 is 0. The van der Waals surface area contributed by atoms with Gasteiger partial charge in [0.2, 0.25) is 0 Å². The normalized spacial score (nSPS) is 10.9. The van der Waals surface area contributed by atoms with E-state index in [1.54, 1.807) is 6.07 Å². The van der Waals surface area contributed by atoms with Crippen LogP contribution in [0.15, 0.2) is 12.1 Å². The third kappa shape index (κ3) is 2.37. The number of anilines is 1. The van der Waals surface area contributed by atoms with Crippen molar-refractivity contribution in [2.45, 2.75) is 13.1 Å². The van der Waals surface area contributed by atoms with Gasteiger partial charge in [-0.15, -0.1) is 0 Å². The molecule has 5 N–H and O–H groups in total. The minimum atomic E-state index is 0.163. The zero-order valence-electron chi connectivity index (χ0n) is 8.62. The van der Waals surface area contributed by atoms with Crippen LogP contribution in [0.3, 0.4) is 0 Å². The highest BCUT2D eigenvalue weighted by Crippen LogP contribution is 2.27. The summed E-state index contributed by atoms with van der Waals surface area (Å²) in [5.74, 6) is 0.163. The number of phenolic OH excluding ortho intramolecular Hbond substituents is 1. The van der Waals surface area contributed by atoms with Crippen molar-refractivity contribution in [1.82, 2.24) is 4.90 Å². The predicted octanol–water partition coefficient (Wildman–Crippen LogP) is 0.495. The number of nitrogens with zero attached hydrogens (tertiary/aromatic N) is 1. The molecule has 1 aromatic rings. The van der Waals surface area contributed by atoms with Gasteiger partial charge in [-0.3, -0.25) is 0 Å². The number of nitrogens with two attached hydrogens (primary N) is 2. The molecule has 1 rings (SSSR count). The lowest BCUT2D eigenvalue weighted by molar-refractivity contribution is 0.386. The molecule has 0 aliphatic rings. The first-order valence-corrected chi connectivity index (χ1v) is 4.49. The van der Waals surface area contributed by atoms with Gasteiger partial charge in [0.05, 0.1) is 5.69 Å².